The number of thiazole rings is 1. The van der Waals surface area contributed by atoms with Crippen molar-refractivity contribution in [3.63, 3.8) is 0 Å². The van der Waals surface area contributed by atoms with Crippen molar-refractivity contribution in [2.24, 2.45) is 5.92 Å². The Morgan fingerprint density at radius 3 is 2.71 bits per heavy atom. The number of benzene rings is 1. The maximum Gasteiger partial charge on any atom is 0.0916 e. The zero-order valence-electron chi connectivity index (χ0n) is 14.3. The molecule has 5 heteroatoms. The van der Waals surface area contributed by atoms with Crippen molar-refractivity contribution in [2.75, 3.05) is 26.2 Å². The number of aromatic nitrogens is 1. The largest absolute Gasteiger partial charge is 0.387 e. The maximum absolute atomic E-state index is 10.3. The van der Waals surface area contributed by atoms with Crippen molar-refractivity contribution < 1.29 is 5.11 Å². The van der Waals surface area contributed by atoms with Gasteiger partial charge in [0, 0.05) is 18.5 Å². The summed E-state index contributed by atoms with van der Waals surface area (Å²) in [5.41, 5.74) is 2.17. The van der Waals surface area contributed by atoms with Gasteiger partial charge in [0.1, 0.15) is 0 Å². The minimum atomic E-state index is -0.381. The molecule has 1 atom stereocenters. The van der Waals surface area contributed by atoms with Gasteiger partial charge in [0.05, 0.1) is 16.8 Å². The third-order valence-electron chi connectivity index (χ3n) is 4.73. The Bertz CT molecular complexity index is 608. The molecular weight excluding hydrogens is 318 g/mol. The van der Waals surface area contributed by atoms with Crippen molar-refractivity contribution in [1.82, 2.24) is 15.2 Å². The average molecular weight is 346 g/mol. The lowest BCUT2D eigenvalue weighted by Crippen LogP contribution is -2.39. The number of likely N-dealkylation sites (tertiary alicyclic amines) is 1. The number of β-amino-alcohol motifs (C(OH)–C–C–N with tert-alkyl or cyclic N) is 1. The summed E-state index contributed by atoms with van der Waals surface area (Å²) < 4.78 is 0. The quantitative estimate of drug-likeness (QED) is 0.810. The molecule has 24 heavy (non-hydrogen) atoms. The van der Waals surface area contributed by atoms with Gasteiger partial charge in [-0.1, -0.05) is 30.3 Å². The molecule has 1 aliphatic heterocycles. The van der Waals surface area contributed by atoms with Gasteiger partial charge in [-0.2, -0.15) is 0 Å². The number of aliphatic hydroxyl groups excluding tert-OH is 1. The number of rotatable bonds is 7. The van der Waals surface area contributed by atoms with E-state index in [0.29, 0.717) is 0 Å². The predicted octanol–water partition coefficient (Wildman–Crippen LogP) is 2.99. The van der Waals surface area contributed by atoms with Crippen molar-refractivity contribution in [3.05, 3.63) is 52.0 Å². The molecule has 1 aliphatic rings. The number of hydrogen-bond acceptors (Lipinski definition) is 5. The van der Waals surface area contributed by atoms with Crippen LogP contribution in [0.15, 0.2) is 35.7 Å². The molecule has 1 saturated heterocycles. The van der Waals surface area contributed by atoms with E-state index in [2.05, 4.69) is 20.6 Å². The number of piperidine rings is 1. The van der Waals surface area contributed by atoms with E-state index in [0.717, 1.165) is 54.9 Å². The highest BCUT2D eigenvalue weighted by Gasteiger charge is 2.21. The molecule has 1 fully saturated rings. The average Bonchev–Trinajstić information content (AvgIpc) is 3.02. The summed E-state index contributed by atoms with van der Waals surface area (Å²) >= 11 is 1.71. The fraction of sp³-hybridized carbons (Fsp3) is 0.526. The van der Waals surface area contributed by atoms with Crippen LogP contribution in [0.5, 0.6) is 0 Å². The number of nitrogens with one attached hydrogen (secondary N) is 1. The van der Waals surface area contributed by atoms with E-state index in [9.17, 15) is 5.11 Å². The van der Waals surface area contributed by atoms with Crippen LogP contribution in [-0.4, -0.2) is 41.2 Å². The minimum absolute atomic E-state index is 0.381. The summed E-state index contributed by atoms with van der Waals surface area (Å²) in [5.74, 6) is 0.731. The molecule has 3 rings (SSSR count). The molecule has 2 N–H and O–H groups in total. The van der Waals surface area contributed by atoms with Crippen LogP contribution in [0.4, 0.5) is 0 Å². The highest BCUT2D eigenvalue weighted by atomic mass is 32.1. The summed E-state index contributed by atoms with van der Waals surface area (Å²) in [7, 11) is 0. The normalized spacial score (nSPS) is 17.9. The molecule has 1 unspecified atom stereocenters. The molecular formula is C19H27N3OS. The molecule has 1 aromatic heterocycles. The van der Waals surface area contributed by atoms with E-state index in [4.69, 9.17) is 0 Å². The Morgan fingerprint density at radius 1 is 1.29 bits per heavy atom. The van der Waals surface area contributed by atoms with Crippen molar-refractivity contribution >= 4 is 11.3 Å². The molecule has 0 amide bonds. The van der Waals surface area contributed by atoms with E-state index in [1.165, 1.54) is 12.8 Å². The lowest BCUT2D eigenvalue weighted by atomic mass is 9.96. The fourth-order valence-electron chi connectivity index (χ4n) is 3.29. The maximum atomic E-state index is 10.3. The molecule has 0 aliphatic carbocycles. The molecule has 1 aromatic carbocycles. The monoisotopic (exact) mass is 345 g/mol. The molecule has 0 bridgehead atoms. The van der Waals surface area contributed by atoms with Gasteiger partial charge in [0.25, 0.3) is 0 Å². The van der Waals surface area contributed by atoms with Gasteiger partial charge in [-0.05, 0) is 50.9 Å². The van der Waals surface area contributed by atoms with Crippen LogP contribution < -0.4 is 5.32 Å². The second-order valence-corrected chi connectivity index (χ2v) is 7.72. The van der Waals surface area contributed by atoms with E-state index in [1.807, 2.05) is 37.3 Å². The Morgan fingerprint density at radius 2 is 2.04 bits per heavy atom. The van der Waals surface area contributed by atoms with Gasteiger partial charge in [0.2, 0.25) is 0 Å². The van der Waals surface area contributed by atoms with Crippen LogP contribution in [0.1, 0.15) is 35.2 Å². The van der Waals surface area contributed by atoms with Gasteiger partial charge in [-0.25, -0.2) is 4.98 Å². The molecule has 130 valence electrons. The molecule has 2 heterocycles. The fourth-order valence-corrected chi connectivity index (χ4v) is 3.90. The summed E-state index contributed by atoms with van der Waals surface area (Å²) in [5, 5.41) is 17.2. The Balaban J connectivity index is 1.35. The first kappa shape index (κ1) is 17.5. The Labute approximate surface area is 148 Å². The van der Waals surface area contributed by atoms with Crippen LogP contribution in [0.25, 0.3) is 0 Å². The summed E-state index contributed by atoms with van der Waals surface area (Å²) in [4.78, 5) is 6.87. The smallest absolute Gasteiger partial charge is 0.0916 e. The summed E-state index contributed by atoms with van der Waals surface area (Å²) in [6, 6.07) is 9.96. The zero-order chi connectivity index (χ0) is 16.8. The Kier molecular flexibility index (Phi) is 6.37. The van der Waals surface area contributed by atoms with E-state index >= 15 is 0 Å². The first-order chi connectivity index (χ1) is 11.7. The number of aliphatic hydroxyl groups is 1. The number of aryl methyl sites for hydroxylation is 1. The van der Waals surface area contributed by atoms with Crippen LogP contribution in [-0.2, 0) is 6.54 Å². The highest BCUT2D eigenvalue weighted by Crippen LogP contribution is 2.20. The van der Waals surface area contributed by atoms with E-state index < -0.39 is 0 Å². The van der Waals surface area contributed by atoms with Crippen molar-refractivity contribution in [3.8, 4) is 0 Å². The van der Waals surface area contributed by atoms with E-state index in [1.54, 1.807) is 11.3 Å². The van der Waals surface area contributed by atoms with Crippen LogP contribution in [0, 0.1) is 12.8 Å². The van der Waals surface area contributed by atoms with E-state index in [-0.39, 0.29) is 6.10 Å². The summed E-state index contributed by atoms with van der Waals surface area (Å²) in [6.07, 6.45) is 2.02. The standard InChI is InChI=1S/C19H27N3OS/c1-15-21-18(14-24-15)12-20-11-16-7-9-22(10-8-16)13-19(23)17-5-3-2-4-6-17/h2-6,14,16,19-20,23H,7-13H2,1H3. The number of hydrogen-bond donors (Lipinski definition) is 2. The van der Waals surface area contributed by atoms with Gasteiger partial charge in [-0.3, -0.25) is 0 Å². The number of nitrogens with zero attached hydrogens (tertiary/aromatic N) is 2. The zero-order valence-corrected chi connectivity index (χ0v) is 15.1. The lowest BCUT2D eigenvalue weighted by molar-refractivity contribution is 0.0891. The minimum Gasteiger partial charge on any atom is -0.387 e. The predicted molar refractivity (Wildman–Crippen MR) is 99.1 cm³/mol. The molecule has 0 spiro atoms. The molecule has 2 aromatic rings. The third-order valence-corrected chi connectivity index (χ3v) is 5.55. The lowest BCUT2D eigenvalue weighted by Gasteiger charge is -2.33. The molecule has 0 radical (unpaired) electrons. The van der Waals surface area contributed by atoms with Gasteiger partial charge in [0.15, 0.2) is 0 Å². The van der Waals surface area contributed by atoms with Gasteiger partial charge >= 0.3 is 0 Å². The highest BCUT2D eigenvalue weighted by molar-refractivity contribution is 7.09. The topological polar surface area (TPSA) is 48.4 Å². The van der Waals surface area contributed by atoms with Crippen LogP contribution >= 0.6 is 11.3 Å². The molecule has 0 saturated carbocycles. The SMILES string of the molecule is Cc1nc(CNCC2CCN(CC(O)c3ccccc3)CC2)cs1. The first-order valence-electron chi connectivity index (χ1n) is 8.78. The van der Waals surface area contributed by atoms with Gasteiger partial charge < -0.3 is 15.3 Å². The van der Waals surface area contributed by atoms with Crippen molar-refractivity contribution in [1.29, 1.82) is 0 Å². The second-order valence-electron chi connectivity index (χ2n) is 6.66. The van der Waals surface area contributed by atoms with Crippen LogP contribution in [0.3, 0.4) is 0 Å². The van der Waals surface area contributed by atoms with Crippen LogP contribution in [0.2, 0.25) is 0 Å². The molecule has 4 nitrogen and oxygen atoms in total. The first-order valence-corrected chi connectivity index (χ1v) is 9.66. The third kappa shape index (κ3) is 5.11. The van der Waals surface area contributed by atoms with Gasteiger partial charge in [-0.15, -0.1) is 11.3 Å². The summed E-state index contributed by atoms with van der Waals surface area (Å²) in [6.45, 7) is 6.87. The Hall–Kier alpha value is -1.27. The van der Waals surface area contributed by atoms with Crippen molar-refractivity contribution in [2.45, 2.75) is 32.4 Å². The second kappa shape index (κ2) is 8.72.